The summed E-state index contributed by atoms with van der Waals surface area (Å²) in [6.45, 7) is 3.18. The first-order chi connectivity index (χ1) is 14.9. The van der Waals surface area contributed by atoms with E-state index in [9.17, 15) is 14.4 Å². The number of anilines is 1. The first-order valence-electron chi connectivity index (χ1n) is 9.45. The number of hydrogen-bond acceptors (Lipinski definition) is 6. The first-order valence-corrected chi connectivity index (χ1v) is 10.4. The number of nitrogens with two attached hydrogens (primary N) is 1. The van der Waals surface area contributed by atoms with Gasteiger partial charge in [0.05, 0.1) is 34.1 Å². The minimum Gasteiger partial charge on any atom is -0.452 e. The lowest BCUT2D eigenvalue weighted by Gasteiger charge is -2.10. The molecule has 8 nitrogen and oxygen atoms in total. The van der Waals surface area contributed by atoms with E-state index in [1.807, 2.05) is 37.3 Å². The average molecular weight is 439 g/mol. The number of ether oxygens (including phenoxy) is 1. The molecule has 0 saturated heterocycles. The molecular formula is C22H22N4O4S. The molecule has 0 aliphatic rings. The normalized spacial score (nSPS) is 10.5. The highest BCUT2D eigenvalue weighted by Crippen LogP contribution is 2.24. The van der Waals surface area contributed by atoms with Gasteiger partial charge in [0.25, 0.3) is 5.91 Å². The van der Waals surface area contributed by atoms with Crippen molar-refractivity contribution >= 4 is 35.2 Å². The van der Waals surface area contributed by atoms with Gasteiger partial charge >= 0.3 is 5.97 Å². The van der Waals surface area contributed by atoms with E-state index in [-0.39, 0.29) is 11.3 Å². The summed E-state index contributed by atoms with van der Waals surface area (Å²) < 4.78 is 6.91. The van der Waals surface area contributed by atoms with Crippen LogP contribution in [0.2, 0.25) is 0 Å². The largest absolute Gasteiger partial charge is 0.452 e. The second-order valence-electron chi connectivity index (χ2n) is 6.67. The fourth-order valence-electron chi connectivity index (χ4n) is 2.94. The Labute approximate surface area is 183 Å². The third kappa shape index (κ3) is 5.52. The summed E-state index contributed by atoms with van der Waals surface area (Å²) in [5.74, 6) is -1.59. The van der Waals surface area contributed by atoms with Crippen molar-refractivity contribution in [3.63, 3.8) is 0 Å². The number of nitrogens with zero attached hydrogens (tertiary/aromatic N) is 2. The van der Waals surface area contributed by atoms with Crippen LogP contribution in [0.5, 0.6) is 0 Å². The minimum atomic E-state index is -0.656. The van der Waals surface area contributed by atoms with Gasteiger partial charge in [-0.05, 0) is 38.1 Å². The van der Waals surface area contributed by atoms with Crippen molar-refractivity contribution in [1.82, 2.24) is 9.78 Å². The van der Waals surface area contributed by atoms with Crippen LogP contribution >= 0.6 is 11.8 Å². The molecule has 1 heterocycles. The summed E-state index contributed by atoms with van der Waals surface area (Å²) in [6, 6.07) is 16.2. The van der Waals surface area contributed by atoms with Gasteiger partial charge in [0.15, 0.2) is 6.61 Å². The van der Waals surface area contributed by atoms with E-state index in [1.54, 1.807) is 35.9 Å². The zero-order valence-electron chi connectivity index (χ0n) is 17.1. The molecule has 0 aliphatic carbocycles. The van der Waals surface area contributed by atoms with Crippen molar-refractivity contribution in [2.24, 2.45) is 5.73 Å². The Balaban J connectivity index is 1.65. The fraction of sp³-hybridized carbons (Fsp3) is 0.182. The van der Waals surface area contributed by atoms with E-state index in [2.05, 4.69) is 10.4 Å². The summed E-state index contributed by atoms with van der Waals surface area (Å²) in [5.41, 5.74) is 8.29. The van der Waals surface area contributed by atoms with Crippen LogP contribution in [0.3, 0.4) is 0 Å². The predicted octanol–water partition coefficient (Wildman–Crippen LogP) is 2.86. The van der Waals surface area contributed by atoms with Gasteiger partial charge < -0.3 is 15.8 Å². The molecule has 31 heavy (non-hydrogen) atoms. The second kappa shape index (κ2) is 9.94. The van der Waals surface area contributed by atoms with Gasteiger partial charge in [0, 0.05) is 4.90 Å². The molecule has 3 aromatic rings. The third-order valence-corrected chi connectivity index (χ3v) is 5.46. The number of amides is 2. The molecule has 0 unspecified atom stereocenters. The number of esters is 1. The highest BCUT2D eigenvalue weighted by Gasteiger charge is 2.18. The molecule has 3 N–H and O–H groups in total. The molecule has 2 amide bonds. The van der Waals surface area contributed by atoms with Crippen molar-refractivity contribution in [2.75, 3.05) is 17.7 Å². The summed E-state index contributed by atoms with van der Waals surface area (Å²) in [4.78, 5) is 36.4. The molecule has 0 atom stereocenters. The van der Waals surface area contributed by atoms with E-state index in [0.29, 0.717) is 16.3 Å². The molecule has 0 aliphatic heterocycles. The lowest BCUT2D eigenvalue weighted by molar-refractivity contribution is -0.119. The highest BCUT2D eigenvalue weighted by atomic mass is 32.2. The molecule has 160 valence electrons. The standard InChI is InChI=1S/C22H22N4O4S/c1-14-21(15(2)26(25-14)16-8-4-3-5-9-16)24-20(28)12-30-22(29)17-10-6-7-11-18(17)31-13-19(23)27/h3-11H,12-13H2,1-2H3,(H2,23,27)(H,24,28). The Morgan fingerprint density at radius 1 is 1.06 bits per heavy atom. The van der Waals surface area contributed by atoms with Crippen molar-refractivity contribution in [1.29, 1.82) is 0 Å². The summed E-state index contributed by atoms with van der Waals surface area (Å²) in [6.07, 6.45) is 0. The minimum absolute atomic E-state index is 0.0364. The number of aryl methyl sites for hydroxylation is 1. The number of aromatic nitrogens is 2. The van der Waals surface area contributed by atoms with E-state index in [0.717, 1.165) is 23.1 Å². The molecule has 0 bridgehead atoms. The van der Waals surface area contributed by atoms with Crippen molar-refractivity contribution in [3.05, 3.63) is 71.5 Å². The maximum atomic E-state index is 12.4. The average Bonchev–Trinajstić information content (AvgIpc) is 3.05. The van der Waals surface area contributed by atoms with Gasteiger partial charge in [-0.2, -0.15) is 5.10 Å². The molecule has 0 saturated carbocycles. The number of thioether (sulfide) groups is 1. The van der Waals surface area contributed by atoms with Crippen LogP contribution in [0.1, 0.15) is 21.7 Å². The Morgan fingerprint density at radius 2 is 1.74 bits per heavy atom. The number of benzene rings is 2. The van der Waals surface area contributed by atoms with Crippen molar-refractivity contribution in [2.45, 2.75) is 18.7 Å². The van der Waals surface area contributed by atoms with Crippen LogP contribution in [-0.2, 0) is 14.3 Å². The van der Waals surface area contributed by atoms with Crippen LogP contribution in [0, 0.1) is 13.8 Å². The fourth-order valence-corrected chi connectivity index (χ4v) is 3.72. The quantitative estimate of drug-likeness (QED) is 0.413. The molecular weight excluding hydrogens is 416 g/mol. The van der Waals surface area contributed by atoms with Gasteiger partial charge in [-0.3, -0.25) is 9.59 Å². The highest BCUT2D eigenvalue weighted by molar-refractivity contribution is 8.00. The molecule has 1 aromatic heterocycles. The number of hydrogen-bond donors (Lipinski definition) is 2. The maximum Gasteiger partial charge on any atom is 0.339 e. The van der Waals surface area contributed by atoms with E-state index >= 15 is 0 Å². The zero-order valence-corrected chi connectivity index (χ0v) is 17.9. The lowest BCUT2D eigenvalue weighted by Crippen LogP contribution is -2.22. The lowest BCUT2D eigenvalue weighted by atomic mass is 10.2. The summed E-state index contributed by atoms with van der Waals surface area (Å²) >= 11 is 1.14. The third-order valence-electron chi connectivity index (χ3n) is 4.37. The van der Waals surface area contributed by atoms with Gasteiger partial charge in [-0.1, -0.05) is 30.3 Å². The van der Waals surface area contributed by atoms with Gasteiger partial charge in [-0.25, -0.2) is 9.48 Å². The number of primary amides is 1. The number of carbonyl (C=O) groups is 3. The topological polar surface area (TPSA) is 116 Å². The first kappa shape index (κ1) is 22.1. The van der Waals surface area contributed by atoms with Crippen molar-refractivity contribution < 1.29 is 19.1 Å². The molecule has 0 fully saturated rings. The summed E-state index contributed by atoms with van der Waals surface area (Å²) in [5, 5.41) is 7.24. The Hall–Kier alpha value is -3.59. The van der Waals surface area contributed by atoms with Crippen LogP contribution in [0.4, 0.5) is 5.69 Å². The Kier molecular flexibility index (Phi) is 7.09. The molecule has 3 rings (SSSR count). The number of rotatable bonds is 8. The van der Waals surface area contributed by atoms with E-state index < -0.39 is 24.4 Å². The predicted molar refractivity (Wildman–Crippen MR) is 118 cm³/mol. The van der Waals surface area contributed by atoms with Crippen LogP contribution in [-0.4, -0.2) is 39.9 Å². The number of carbonyl (C=O) groups excluding carboxylic acids is 3. The summed E-state index contributed by atoms with van der Waals surface area (Å²) in [7, 11) is 0. The smallest absolute Gasteiger partial charge is 0.339 e. The van der Waals surface area contributed by atoms with Gasteiger partial charge in [-0.15, -0.1) is 11.8 Å². The maximum absolute atomic E-state index is 12.4. The molecule has 9 heteroatoms. The van der Waals surface area contributed by atoms with E-state index in [1.165, 1.54) is 0 Å². The monoisotopic (exact) mass is 438 g/mol. The number of para-hydroxylation sites is 1. The van der Waals surface area contributed by atoms with Crippen molar-refractivity contribution in [3.8, 4) is 5.69 Å². The Bertz CT molecular complexity index is 1110. The number of nitrogens with one attached hydrogen (secondary N) is 1. The Morgan fingerprint density at radius 3 is 2.45 bits per heavy atom. The van der Waals surface area contributed by atoms with Crippen LogP contribution < -0.4 is 11.1 Å². The van der Waals surface area contributed by atoms with Gasteiger partial charge in [0.1, 0.15) is 0 Å². The van der Waals surface area contributed by atoms with Crippen LogP contribution in [0.15, 0.2) is 59.5 Å². The molecule has 2 aromatic carbocycles. The van der Waals surface area contributed by atoms with Gasteiger partial charge in [0.2, 0.25) is 5.91 Å². The molecule has 0 radical (unpaired) electrons. The van der Waals surface area contributed by atoms with E-state index in [4.69, 9.17) is 10.5 Å². The zero-order chi connectivity index (χ0) is 22.4. The second-order valence-corrected chi connectivity index (χ2v) is 7.69. The molecule has 0 spiro atoms. The van der Waals surface area contributed by atoms with Crippen LogP contribution in [0.25, 0.3) is 5.69 Å². The SMILES string of the molecule is Cc1nn(-c2ccccc2)c(C)c1NC(=O)COC(=O)c1ccccc1SCC(N)=O.